The van der Waals surface area contributed by atoms with Gasteiger partial charge in [-0.2, -0.15) is 0 Å². The van der Waals surface area contributed by atoms with Gasteiger partial charge in [-0.25, -0.2) is 15.0 Å². The minimum Gasteiger partial charge on any atom is -0.506 e. The van der Waals surface area contributed by atoms with E-state index in [1.54, 1.807) is 18.5 Å². The summed E-state index contributed by atoms with van der Waals surface area (Å²) in [5.74, 6) is 0.976. The molecule has 9 heteroatoms. The number of aromatic nitrogens is 6. The molecule has 0 atom stereocenters. The topological polar surface area (TPSA) is 127 Å². The number of fused-ring (bicyclic) bond motifs is 5. The molecule has 1 amide bonds. The van der Waals surface area contributed by atoms with Gasteiger partial charge in [0.25, 0.3) is 5.91 Å². The number of carbonyl (C=O) groups is 1. The van der Waals surface area contributed by atoms with E-state index in [2.05, 4.69) is 33.4 Å². The smallest absolute Gasteiger partial charge is 0.253 e. The molecule has 0 aliphatic carbocycles. The van der Waals surface area contributed by atoms with Crippen LogP contribution in [0.2, 0.25) is 0 Å². The molecule has 0 aliphatic heterocycles. The van der Waals surface area contributed by atoms with Gasteiger partial charge in [-0.15, -0.1) is 0 Å². The van der Waals surface area contributed by atoms with Crippen LogP contribution in [0.1, 0.15) is 35.6 Å². The van der Waals surface area contributed by atoms with Crippen molar-refractivity contribution in [3.63, 3.8) is 0 Å². The van der Waals surface area contributed by atoms with Gasteiger partial charge in [0.05, 0.1) is 22.7 Å². The maximum atomic E-state index is 12.3. The first-order chi connectivity index (χ1) is 14.5. The molecule has 0 fully saturated rings. The van der Waals surface area contributed by atoms with Gasteiger partial charge in [-0.1, -0.05) is 13.0 Å². The number of nitrogens with zero attached hydrogens (tertiary/aromatic N) is 5. The molecule has 5 aromatic rings. The number of aryl methyl sites for hydroxylation is 2. The molecule has 152 valence electrons. The summed E-state index contributed by atoms with van der Waals surface area (Å²) in [6, 6.07) is 3.44. The minimum atomic E-state index is -0.589. The summed E-state index contributed by atoms with van der Waals surface area (Å²) in [6.07, 6.45) is 4.20. The van der Waals surface area contributed by atoms with Crippen molar-refractivity contribution in [2.75, 3.05) is 0 Å². The lowest BCUT2D eigenvalue weighted by Crippen LogP contribution is -2.11. The SMILES string of the molecule is CCc1ncc(-c2ncc3c(C(N)=O)c4[nH]c5c(O)ccc(C)c5n4c3n2)n1CC. The summed E-state index contributed by atoms with van der Waals surface area (Å²) >= 11 is 0. The van der Waals surface area contributed by atoms with E-state index in [9.17, 15) is 9.90 Å². The number of carbonyl (C=O) groups excluding carboxylic acids is 1. The van der Waals surface area contributed by atoms with Crippen LogP contribution in [0.15, 0.2) is 24.5 Å². The number of nitrogens with two attached hydrogens (primary N) is 1. The fourth-order valence-corrected chi connectivity index (χ4v) is 4.22. The molecule has 0 spiro atoms. The van der Waals surface area contributed by atoms with Crippen LogP contribution in [0.3, 0.4) is 0 Å². The Morgan fingerprint density at radius 3 is 2.73 bits per heavy atom. The Labute approximate surface area is 171 Å². The Balaban J connectivity index is 1.92. The van der Waals surface area contributed by atoms with Crippen LogP contribution in [0.5, 0.6) is 5.75 Å². The molecule has 0 bridgehead atoms. The number of phenolic OH excluding ortho intramolecular Hbond substituents is 1. The quantitative estimate of drug-likeness (QED) is 0.425. The van der Waals surface area contributed by atoms with E-state index in [1.807, 2.05) is 17.4 Å². The van der Waals surface area contributed by atoms with Crippen LogP contribution in [-0.2, 0) is 13.0 Å². The molecule has 30 heavy (non-hydrogen) atoms. The lowest BCUT2D eigenvalue weighted by atomic mass is 10.2. The zero-order valence-corrected chi connectivity index (χ0v) is 16.9. The molecule has 0 saturated heterocycles. The molecular weight excluding hydrogens is 382 g/mol. The zero-order chi connectivity index (χ0) is 21.2. The third-order valence-corrected chi connectivity index (χ3v) is 5.58. The van der Waals surface area contributed by atoms with Gasteiger partial charge in [-0.3, -0.25) is 9.20 Å². The number of aromatic hydroxyl groups is 1. The van der Waals surface area contributed by atoms with Crippen molar-refractivity contribution >= 4 is 33.6 Å². The van der Waals surface area contributed by atoms with Crippen molar-refractivity contribution in [1.82, 2.24) is 28.9 Å². The van der Waals surface area contributed by atoms with Crippen LogP contribution in [0.4, 0.5) is 0 Å². The van der Waals surface area contributed by atoms with Gasteiger partial charge in [0.15, 0.2) is 11.5 Å². The van der Waals surface area contributed by atoms with Gasteiger partial charge < -0.3 is 20.4 Å². The first-order valence-electron chi connectivity index (χ1n) is 9.82. The van der Waals surface area contributed by atoms with E-state index in [4.69, 9.17) is 10.7 Å². The van der Waals surface area contributed by atoms with Crippen molar-refractivity contribution < 1.29 is 9.90 Å². The van der Waals surface area contributed by atoms with E-state index in [0.717, 1.165) is 35.6 Å². The summed E-state index contributed by atoms with van der Waals surface area (Å²) in [7, 11) is 0. The molecule has 0 saturated carbocycles. The predicted octanol–water partition coefficient (Wildman–Crippen LogP) is 2.92. The minimum absolute atomic E-state index is 0.0915. The largest absolute Gasteiger partial charge is 0.506 e. The molecule has 9 nitrogen and oxygen atoms in total. The number of imidazole rings is 2. The van der Waals surface area contributed by atoms with Crippen LogP contribution < -0.4 is 5.73 Å². The average Bonchev–Trinajstić information content (AvgIpc) is 3.40. The fourth-order valence-electron chi connectivity index (χ4n) is 4.22. The molecule has 4 aromatic heterocycles. The zero-order valence-electron chi connectivity index (χ0n) is 16.9. The molecule has 0 aliphatic rings. The van der Waals surface area contributed by atoms with Crippen molar-refractivity contribution in [2.45, 2.75) is 33.7 Å². The molecule has 1 aromatic carbocycles. The third-order valence-electron chi connectivity index (χ3n) is 5.58. The third kappa shape index (κ3) is 2.28. The van der Waals surface area contributed by atoms with E-state index >= 15 is 0 Å². The lowest BCUT2D eigenvalue weighted by molar-refractivity contribution is 0.100. The maximum absolute atomic E-state index is 12.3. The number of phenols is 1. The fraction of sp³-hybridized carbons (Fsp3) is 0.238. The number of H-pyrrole nitrogens is 1. The normalized spacial score (nSPS) is 11.8. The second-order valence-corrected chi connectivity index (χ2v) is 7.26. The highest BCUT2D eigenvalue weighted by molar-refractivity contribution is 6.14. The van der Waals surface area contributed by atoms with Crippen LogP contribution >= 0.6 is 0 Å². The number of rotatable bonds is 4. The van der Waals surface area contributed by atoms with Crippen LogP contribution in [-0.4, -0.2) is 39.9 Å². The number of hydrogen-bond acceptors (Lipinski definition) is 5. The summed E-state index contributed by atoms with van der Waals surface area (Å²) in [5.41, 5.74) is 10.0. The van der Waals surface area contributed by atoms with Gasteiger partial charge in [0.2, 0.25) is 0 Å². The maximum Gasteiger partial charge on any atom is 0.253 e. The summed E-state index contributed by atoms with van der Waals surface area (Å²) in [6.45, 7) is 6.79. The highest BCUT2D eigenvalue weighted by Crippen LogP contribution is 2.34. The summed E-state index contributed by atoms with van der Waals surface area (Å²) < 4.78 is 3.91. The average molecular weight is 403 g/mol. The Hall–Kier alpha value is -3.88. The molecule has 4 heterocycles. The van der Waals surface area contributed by atoms with E-state index in [0.29, 0.717) is 33.6 Å². The summed E-state index contributed by atoms with van der Waals surface area (Å²) in [4.78, 5) is 29.2. The van der Waals surface area contributed by atoms with E-state index < -0.39 is 5.91 Å². The first kappa shape index (κ1) is 18.2. The molecule has 4 N–H and O–H groups in total. The standard InChI is InChI=1S/C21H21N7O2/c1-4-14-23-9-12(27(14)5-2)19-24-8-11-15(18(22)30)21-25-16-13(29)7-6-10(3)17(16)28(21)20(11)26-19/h6-9,25,29H,4-5H2,1-3H3,(H2,22,30). The highest BCUT2D eigenvalue weighted by Gasteiger charge is 2.24. The molecule has 0 unspecified atom stereocenters. The Morgan fingerprint density at radius 2 is 2.03 bits per heavy atom. The van der Waals surface area contributed by atoms with Crippen LogP contribution in [0, 0.1) is 6.92 Å². The highest BCUT2D eigenvalue weighted by atomic mass is 16.3. The van der Waals surface area contributed by atoms with Crippen molar-refractivity contribution in [1.29, 1.82) is 0 Å². The molecular formula is C21H21N7O2. The first-order valence-corrected chi connectivity index (χ1v) is 9.82. The second-order valence-electron chi connectivity index (χ2n) is 7.26. The van der Waals surface area contributed by atoms with Gasteiger partial charge in [0, 0.05) is 19.2 Å². The van der Waals surface area contributed by atoms with E-state index in [-0.39, 0.29) is 5.75 Å². The van der Waals surface area contributed by atoms with Crippen molar-refractivity contribution in [3.8, 4) is 17.3 Å². The Morgan fingerprint density at radius 1 is 1.23 bits per heavy atom. The second kappa shape index (κ2) is 6.31. The Kier molecular flexibility index (Phi) is 3.82. The van der Waals surface area contributed by atoms with Crippen LogP contribution in [0.25, 0.3) is 39.2 Å². The number of benzene rings is 1. The number of nitrogens with one attached hydrogen (secondary N) is 1. The monoisotopic (exact) mass is 403 g/mol. The van der Waals surface area contributed by atoms with Gasteiger partial charge >= 0.3 is 0 Å². The van der Waals surface area contributed by atoms with Crippen molar-refractivity contribution in [3.05, 3.63) is 41.5 Å². The number of aromatic amines is 1. The molecule has 0 radical (unpaired) electrons. The number of hydrogen-bond donors (Lipinski definition) is 3. The number of primary amides is 1. The summed E-state index contributed by atoms with van der Waals surface area (Å²) in [5, 5.41) is 10.9. The molecule has 5 rings (SSSR count). The predicted molar refractivity (Wildman–Crippen MR) is 114 cm³/mol. The van der Waals surface area contributed by atoms with Crippen molar-refractivity contribution in [2.24, 2.45) is 5.73 Å². The Bertz CT molecular complexity index is 1470. The number of amides is 1. The van der Waals surface area contributed by atoms with E-state index in [1.165, 1.54) is 0 Å². The van der Waals surface area contributed by atoms with Gasteiger partial charge in [0.1, 0.15) is 28.4 Å². The lowest BCUT2D eigenvalue weighted by Gasteiger charge is -2.07. The van der Waals surface area contributed by atoms with Gasteiger partial charge in [-0.05, 0) is 25.5 Å².